The fourth-order valence-corrected chi connectivity index (χ4v) is 1.19. The van der Waals surface area contributed by atoms with Crippen molar-refractivity contribution in [2.45, 2.75) is 13.3 Å². The van der Waals surface area contributed by atoms with Crippen LogP contribution in [-0.4, -0.2) is 28.5 Å². The van der Waals surface area contributed by atoms with E-state index in [1.807, 2.05) is 19.1 Å². The third-order valence-corrected chi connectivity index (χ3v) is 2.08. The molecule has 0 atom stereocenters. The van der Waals surface area contributed by atoms with E-state index in [1.54, 1.807) is 0 Å². The molecular weight excluding hydrogens is 220 g/mol. The molecule has 1 aromatic heterocycles. The summed E-state index contributed by atoms with van der Waals surface area (Å²) in [5, 5.41) is 11.3. The van der Waals surface area contributed by atoms with Crippen molar-refractivity contribution in [2.75, 3.05) is 6.54 Å². The van der Waals surface area contributed by atoms with Crippen molar-refractivity contribution in [1.29, 1.82) is 0 Å². The van der Waals surface area contributed by atoms with Gasteiger partial charge in [-0.25, -0.2) is 9.78 Å². The van der Waals surface area contributed by atoms with Crippen LogP contribution in [0, 0.1) is 0 Å². The average Bonchev–Trinajstić information content (AvgIpc) is 2.34. The fourth-order valence-electron chi connectivity index (χ4n) is 1.19. The van der Waals surface area contributed by atoms with Crippen molar-refractivity contribution in [1.82, 2.24) is 10.3 Å². The minimum Gasteiger partial charge on any atom is -0.477 e. The van der Waals surface area contributed by atoms with Gasteiger partial charge in [0.15, 0.2) is 0 Å². The quantitative estimate of drug-likeness (QED) is 0.597. The number of pyridine rings is 1. The molecule has 0 aliphatic heterocycles. The number of aromatic nitrogens is 1. The third kappa shape index (κ3) is 4.06. The van der Waals surface area contributed by atoms with E-state index in [9.17, 15) is 9.59 Å². The van der Waals surface area contributed by atoms with E-state index < -0.39 is 5.97 Å². The Morgan fingerprint density at radius 1 is 1.47 bits per heavy atom. The molecule has 17 heavy (non-hydrogen) atoms. The van der Waals surface area contributed by atoms with Gasteiger partial charge in [0.05, 0.1) is 5.56 Å². The van der Waals surface area contributed by atoms with Crippen LogP contribution in [0.1, 0.15) is 34.2 Å². The molecule has 1 rings (SSSR count). The second-order valence-corrected chi connectivity index (χ2v) is 3.35. The lowest BCUT2D eigenvalue weighted by molar-refractivity contribution is 0.0689. The molecule has 0 fully saturated rings. The van der Waals surface area contributed by atoms with Crippen LogP contribution >= 0.6 is 0 Å². The van der Waals surface area contributed by atoms with Crippen LogP contribution in [0.5, 0.6) is 0 Å². The van der Waals surface area contributed by atoms with Gasteiger partial charge in [-0.1, -0.05) is 12.2 Å². The number of hydrogen-bond acceptors (Lipinski definition) is 3. The summed E-state index contributed by atoms with van der Waals surface area (Å²) < 4.78 is 0. The number of allylic oxidation sites excluding steroid dienone is 1. The van der Waals surface area contributed by atoms with Gasteiger partial charge in [-0.3, -0.25) is 4.79 Å². The zero-order valence-corrected chi connectivity index (χ0v) is 9.51. The molecule has 90 valence electrons. The summed E-state index contributed by atoms with van der Waals surface area (Å²) in [5.74, 6) is -1.36. The Morgan fingerprint density at radius 3 is 2.76 bits per heavy atom. The molecule has 1 heterocycles. The summed E-state index contributed by atoms with van der Waals surface area (Å²) in [6.07, 6.45) is 5.89. The smallest absolute Gasteiger partial charge is 0.354 e. The van der Waals surface area contributed by atoms with E-state index in [4.69, 9.17) is 5.11 Å². The summed E-state index contributed by atoms with van der Waals surface area (Å²) in [7, 11) is 0. The molecule has 0 saturated heterocycles. The summed E-state index contributed by atoms with van der Waals surface area (Å²) >= 11 is 0. The number of aromatic carboxylic acids is 1. The van der Waals surface area contributed by atoms with Crippen LogP contribution in [0.2, 0.25) is 0 Å². The Morgan fingerprint density at radius 2 is 2.24 bits per heavy atom. The monoisotopic (exact) mass is 234 g/mol. The van der Waals surface area contributed by atoms with Crippen LogP contribution < -0.4 is 5.32 Å². The maximum Gasteiger partial charge on any atom is 0.354 e. The molecule has 1 amide bonds. The Hall–Kier alpha value is -2.17. The Balaban J connectivity index is 2.54. The van der Waals surface area contributed by atoms with Crippen molar-refractivity contribution >= 4 is 11.9 Å². The summed E-state index contributed by atoms with van der Waals surface area (Å²) in [6, 6.07) is 2.75. The summed E-state index contributed by atoms with van der Waals surface area (Å²) in [4.78, 5) is 25.8. The number of carbonyl (C=O) groups excluding carboxylic acids is 1. The zero-order chi connectivity index (χ0) is 12.7. The summed E-state index contributed by atoms with van der Waals surface area (Å²) in [6.45, 7) is 2.46. The highest BCUT2D eigenvalue weighted by molar-refractivity contribution is 5.94. The highest BCUT2D eigenvalue weighted by Crippen LogP contribution is 2.00. The van der Waals surface area contributed by atoms with Gasteiger partial charge in [-0.05, 0) is 25.5 Å². The molecule has 2 N–H and O–H groups in total. The third-order valence-electron chi connectivity index (χ3n) is 2.08. The number of rotatable bonds is 5. The lowest BCUT2D eigenvalue weighted by Gasteiger charge is -2.03. The Kier molecular flexibility index (Phi) is 4.87. The zero-order valence-electron chi connectivity index (χ0n) is 9.51. The number of carboxylic acids is 1. The van der Waals surface area contributed by atoms with E-state index >= 15 is 0 Å². The second kappa shape index (κ2) is 6.42. The maximum absolute atomic E-state index is 11.6. The molecule has 5 nitrogen and oxygen atoms in total. The number of carbonyl (C=O) groups is 2. The molecule has 0 aromatic carbocycles. The van der Waals surface area contributed by atoms with Crippen molar-refractivity contribution in [3.8, 4) is 0 Å². The van der Waals surface area contributed by atoms with Crippen LogP contribution in [0.25, 0.3) is 0 Å². The van der Waals surface area contributed by atoms with Gasteiger partial charge in [-0.2, -0.15) is 0 Å². The van der Waals surface area contributed by atoms with E-state index in [0.717, 1.165) is 6.42 Å². The van der Waals surface area contributed by atoms with Crippen LogP contribution in [0.3, 0.4) is 0 Å². The normalized spacial score (nSPS) is 10.4. The first-order chi connectivity index (χ1) is 8.15. The number of nitrogens with one attached hydrogen (secondary N) is 1. The Labute approximate surface area is 99.2 Å². The SMILES string of the molecule is C/C=C/CCNC(=O)c1ccc(C(=O)O)nc1. The first-order valence-corrected chi connectivity index (χ1v) is 5.24. The average molecular weight is 234 g/mol. The molecule has 0 bridgehead atoms. The fraction of sp³-hybridized carbons (Fsp3) is 0.250. The van der Waals surface area contributed by atoms with Crippen molar-refractivity contribution < 1.29 is 14.7 Å². The highest BCUT2D eigenvalue weighted by atomic mass is 16.4. The van der Waals surface area contributed by atoms with Gasteiger partial charge >= 0.3 is 5.97 Å². The maximum atomic E-state index is 11.6. The van der Waals surface area contributed by atoms with E-state index in [2.05, 4.69) is 10.3 Å². The van der Waals surface area contributed by atoms with Crippen LogP contribution in [-0.2, 0) is 0 Å². The molecule has 1 aromatic rings. The first-order valence-electron chi connectivity index (χ1n) is 5.24. The number of carboxylic acid groups (broad SMARTS) is 1. The molecule has 5 heteroatoms. The van der Waals surface area contributed by atoms with Crippen LogP contribution in [0.15, 0.2) is 30.5 Å². The van der Waals surface area contributed by atoms with Crippen molar-refractivity contribution in [3.63, 3.8) is 0 Å². The second-order valence-electron chi connectivity index (χ2n) is 3.35. The minimum absolute atomic E-state index is 0.0736. The molecule has 0 aliphatic rings. The van der Waals surface area contributed by atoms with Crippen molar-refractivity contribution in [3.05, 3.63) is 41.7 Å². The number of amides is 1. The molecule has 0 aliphatic carbocycles. The minimum atomic E-state index is -1.11. The highest BCUT2D eigenvalue weighted by Gasteiger charge is 2.07. The van der Waals surface area contributed by atoms with Gasteiger partial charge in [0.1, 0.15) is 5.69 Å². The van der Waals surface area contributed by atoms with Gasteiger partial charge < -0.3 is 10.4 Å². The van der Waals surface area contributed by atoms with Gasteiger partial charge in [0.25, 0.3) is 5.91 Å². The standard InChI is InChI=1S/C12H14N2O3/c1-2-3-4-7-13-11(15)9-5-6-10(12(16)17)14-8-9/h2-3,5-6,8H,4,7H2,1H3,(H,13,15)(H,16,17)/b3-2+. The number of hydrogen-bond donors (Lipinski definition) is 2. The van der Waals surface area contributed by atoms with Gasteiger partial charge in [0, 0.05) is 12.7 Å². The largest absolute Gasteiger partial charge is 0.477 e. The molecule has 0 unspecified atom stereocenters. The first kappa shape index (κ1) is 12.9. The predicted octanol–water partition coefficient (Wildman–Crippen LogP) is 1.48. The topological polar surface area (TPSA) is 79.3 Å². The molecule has 0 spiro atoms. The molecule has 0 radical (unpaired) electrons. The predicted molar refractivity (Wildman–Crippen MR) is 63.0 cm³/mol. The van der Waals surface area contributed by atoms with Gasteiger partial charge in [-0.15, -0.1) is 0 Å². The number of nitrogens with zero attached hydrogens (tertiary/aromatic N) is 1. The Bertz CT molecular complexity index is 424. The molecular formula is C12H14N2O3. The van der Waals surface area contributed by atoms with E-state index in [1.165, 1.54) is 18.3 Å². The molecule has 0 saturated carbocycles. The van der Waals surface area contributed by atoms with E-state index in [-0.39, 0.29) is 11.6 Å². The van der Waals surface area contributed by atoms with Crippen LogP contribution in [0.4, 0.5) is 0 Å². The van der Waals surface area contributed by atoms with Gasteiger partial charge in [0.2, 0.25) is 0 Å². The summed E-state index contributed by atoms with van der Waals surface area (Å²) in [5.41, 5.74) is 0.283. The van der Waals surface area contributed by atoms with E-state index in [0.29, 0.717) is 12.1 Å². The lowest BCUT2D eigenvalue weighted by atomic mass is 10.2. The van der Waals surface area contributed by atoms with Crippen molar-refractivity contribution in [2.24, 2.45) is 0 Å². The lowest BCUT2D eigenvalue weighted by Crippen LogP contribution is -2.24.